The van der Waals surface area contributed by atoms with Crippen LogP contribution in [0.1, 0.15) is 72.1 Å². The summed E-state index contributed by atoms with van der Waals surface area (Å²) in [7, 11) is 6.01. The number of rotatable bonds is 8. The Kier molecular flexibility index (Phi) is 8.80. The molecule has 4 heterocycles. The van der Waals surface area contributed by atoms with Crippen LogP contribution in [-0.2, 0) is 7.05 Å². The monoisotopic (exact) mass is 602 g/mol. The highest BCUT2D eigenvalue weighted by atomic mass is 19.1. The van der Waals surface area contributed by atoms with E-state index in [1.165, 1.54) is 17.8 Å². The fourth-order valence-electron chi connectivity index (χ4n) is 6.68. The second-order valence-electron chi connectivity index (χ2n) is 12.7. The van der Waals surface area contributed by atoms with Crippen LogP contribution in [0.5, 0.6) is 0 Å². The molecule has 3 aromatic heterocycles. The molecule has 11 heteroatoms. The van der Waals surface area contributed by atoms with Gasteiger partial charge in [0.2, 0.25) is 5.95 Å². The number of nitrogens with one attached hydrogen (secondary N) is 1. The molecule has 1 aliphatic carbocycles. The lowest BCUT2D eigenvalue weighted by atomic mass is 9.89. The molecule has 0 bridgehead atoms. The summed E-state index contributed by atoms with van der Waals surface area (Å²) < 4.78 is 19.5. The largest absolute Gasteiger partial charge is 0.393 e. The quantitative estimate of drug-likeness (QED) is 0.300. The van der Waals surface area contributed by atoms with E-state index < -0.39 is 11.7 Å². The second kappa shape index (κ2) is 12.7. The van der Waals surface area contributed by atoms with Crippen LogP contribution in [0, 0.1) is 12.7 Å². The highest BCUT2D eigenvalue weighted by Crippen LogP contribution is 2.37. The summed E-state index contributed by atoms with van der Waals surface area (Å²) in [5, 5.41) is 17.4. The van der Waals surface area contributed by atoms with Gasteiger partial charge >= 0.3 is 0 Å². The number of pyridine rings is 1. The molecule has 10 nitrogen and oxygen atoms in total. The van der Waals surface area contributed by atoms with Crippen molar-refractivity contribution in [1.82, 2.24) is 34.1 Å². The zero-order valence-corrected chi connectivity index (χ0v) is 26.1. The second-order valence-corrected chi connectivity index (χ2v) is 12.7. The van der Waals surface area contributed by atoms with Crippen LogP contribution in [0.15, 0.2) is 36.7 Å². The maximum atomic E-state index is 15.8. The zero-order chi connectivity index (χ0) is 31.0. The van der Waals surface area contributed by atoms with Gasteiger partial charge in [0, 0.05) is 43.6 Å². The molecule has 0 spiro atoms. The Morgan fingerprint density at radius 1 is 1.11 bits per heavy atom. The van der Waals surface area contributed by atoms with Gasteiger partial charge in [0.05, 0.1) is 28.9 Å². The maximum Gasteiger partial charge on any atom is 0.261 e. The van der Waals surface area contributed by atoms with E-state index in [1.807, 2.05) is 13.0 Å². The number of halogens is 1. The number of hydrogen-bond acceptors (Lipinski definition) is 7. The number of piperidine rings is 1. The smallest absolute Gasteiger partial charge is 0.261 e. The first-order valence-corrected chi connectivity index (χ1v) is 15.7. The molecule has 1 aliphatic heterocycles. The van der Waals surface area contributed by atoms with Crippen molar-refractivity contribution in [3.8, 4) is 11.3 Å². The number of amides is 1. The third kappa shape index (κ3) is 6.13. The SMILES string of the molecule is Cc1c(-c2nccc(C(=O)Nc3nc4ccc(C5CCN(CCN(C)C)CC5)cc4n3C3CCC(O)CC3)c2F)cnn1C. The molecule has 2 N–H and O–H groups in total. The average molecular weight is 603 g/mol. The van der Waals surface area contributed by atoms with Crippen LogP contribution in [0.3, 0.4) is 0 Å². The number of carbonyl (C=O) groups is 1. The number of aliphatic hydroxyl groups excluding tert-OH is 1. The zero-order valence-electron chi connectivity index (χ0n) is 26.1. The molecule has 1 saturated carbocycles. The van der Waals surface area contributed by atoms with Gasteiger partial charge in [-0.05, 0) is 102 Å². The molecule has 6 rings (SSSR count). The molecule has 2 aliphatic rings. The number of aryl methyl sites for hydroxylation is 1. The molecule has 0 unspecified atom stereocenters. The van der Waals surface area contributed by atoms with Gasteiger partial charge in [-0.1, -0.05) is 6.07 Å². The van der Waals surface area contributed by atoms with E-state index in [2.05, 4.69) is 56.0 Å². The number of hydrogen-bond donors (Lipinski definition) is 2. The molecule has 1 amide bonds. The minimum atomic E-state index is -0.691. The van der Waals surface area contributed by atoms with E-state index in [0.717, 1.165) is 68.6 Å². The van der Waals surface area contributed by atoms with Gasteiger partial charge < -0.3 is 19.5 Å². The third-order valence-corrected chi connectivity index (χ3v) is 9.52. The molecule has 1 aromatic carbocycles. The third-order valence-electron chi connectivity index (χ3n) is 9.52. The van der Waals surface area contributed by atoms with Crippen molar-refractivity contribution in [1.29, 1.82) is 0 Å². The van der Waals surface area contributed by atoms with Crippen molar-refractivity contribution < 1.29 is 14.3 Å². The van der Waals surface area contributed by atoms with Crippen molar-refractivity contribution in [2.45, 2.75) is 63.5 Å². The maximum absolute atomic E-state index is 15.8. The van der Waals surface area contributed by atoms with Crippen LogP contribution in [0.25, 0.3) is 22.3 Å². The first kappa shape index (κ1) is 30.4. The van der Waals surface area contributed by atoms with Gasteiger partial charge in [0.15, 0.2) is 5.82 Å². The van der Waals surface area contributed by atoms with Crippen LogP contribution in [-0.4, -0.2) is 91.5 Å². The number of aromatic nitrogens is 5. The van der Waals surface area contributed by atoms with Crippen molar-refractivity contribution in [3.63, 3.8) is 0 Å². The fourth-order valence-corrected chi connectivity index (χ4v) is 6.68. The predicted octanol–water partition coefficient (Wildman–Crippen LogP) is 4.75. The lowest BCUT2D eigenvalue weighted by molar-refractivity contribution is 0.101. The molecule has 0 radical (unpaired) electrons. The summed E-state index contributed by atoms with van der Waals surface area (Å²) in [4.78, 5) is 27.4. The fraction of sp³-hybridized carbons (Fsp3) is 0.515. The van der Waals surface area contributed by atoms with Gasteiger partial charge in [0.25, 0.3) is 5.91 Å². The summed E-state index contributed by atoms with van der Waals surface area (Å²) in [5.74, 6) is -0.406. The Labute approximate surface area is 257 Å². The molecule has 1 saturated heterocycles. The summed E-state index contributed by atoms with van der Waals surface area (Å²) in [6, 6.07) is 7.91. The van der Waals surface area contributed by atoms with Crippen molar-refractivity contribution in [2.75, 3.05) is 45.6 Å². The van der Waals surface area contributed by atoms with Crippen molar-refractivity contribution in [3.05, 3.63) is 59.3 Å². The highest BCUT2D eigenvalue weighted by Gasteiger charge is 2.28. The van der Waals surface area contributed by atoms with E-state index in [1.54, 1.807) is 17.9 Å². The Morgan fingerprint density at radius 3 is 2.55 bits per heavy atom. The Bertz CT molecular complexity index is 1630. The van der Waals surface area contributed by atoms with Crippen LogP contribution in [0.4, 0.5) is 10.3 Å². The topological polar surface area (TPSA) is 104 Å². The van der Waals surface area contributed by atoms with Gasteiger partial charge in [-0.2, -0.15) is 5.10 Å². The highest BCUT2D eigenvalue weighted by molar-refractivity contribution is 6.05. The van der Waals surface area contributed by atoms with E-state index >= 15 is 4.39 Å². The van der Waals surface area contributed by atoms with Gasteiger partial charge in [-0.15, -0.1) is 0 Å². The average Bonchev–Trinajstić information content (AvgIpc) is 3.54. The number of benzene rings is 1. The lowest BCUT2D eigenvalue weighted by Gasteiger charge is -2.33. The predicted molar refractivity (Wildman–Crippen MR) is 169 cm³/mol. The molecular formula is C33H43FN8O2. The number of nitrogens with zero attached hydrogens (tertiary/aromatic N) is 7. The normalized spacial score (nSPS) is 20.1. The van der Waals surface area contributed by atoms with Gasteiger partial charge in [0.1, 0.15) is 5.69 Å². The number of likely N-dealkylation sites (N-methyl/N-ethyl adjacent to an activating group) is 1. The summed E-state index contributed by atoms with van der Waals surface area (Å²) in [6.07, 6.45) is 7.83. The number of aliphatic hydroxyl groups is 1. The summed E-state index contributed by atoms with van der Waals surface area (Å²) in [5.41, 5.74) is 4.34. The first-order valence-electron chi connectivity index (χ1n) is 15.7. The molecule has 4 aromatic rings. The minimum Gasteiger partial charge on any atom is -0.393 e. The Morgan fingerprint density at radius 2 is 1.86 bits per heavy atom. The summed E-state index contributed by atoms with van der Waals surface area (Å²) >= 11 is 0. The van der Waals surface area contributed by atoms with E-state index in [9.17, 15) is 9.90 Å². The molecule has 44 heavy (non-hydrogen) atoms. The van der Waals surface area contributed by atoms with Crippen LogP contribution in [0.2, 0.25) is 0 Å². The molecule has 0 atom stereocenters. The van der Waals surface area contributed by atoms with Gasteiger partial charge in [-0.3, -0.25) is 19.8 Å². The molecular weight excluding hydrogens is 559 g/mol. The Hall–Kier alpha value is -3.67. The van der Waals surface area contributed by atoms with Crippen LogP contribution < -0.4 is 5.32 Å². The standard InChI is InChI=1S/C33H43FN8O2/c1-21-27(20-36-40(21)4)31-30(34)26(11-14-35-31)32(44)38-33-37-28-10-5-23(22-12-15-41(16-13-22)18-17-39(2)3)19-29(28)42(33)24-6-8-25(43)9-7-24/h5,10-11,14,19-20,22,24-25,43H,6-9,12-13,15-18H2,1-4H3,(H,37,38,44). The van der Waals surface area contributed by atoms with Crippen LogP contribution >= 0.6 is 0 Å². The van der Waals surface area contributed by atoms with E-state index in [4.69, 9.17) is 4.98 Å². The molecule has 2 fully saturated rings. The number of carbonyl (C=O) groups excluding carboxylic acids is 1. The molecule has 234 valence electrons. The van der Waals surface area contributed by atoms with E-state index in [-0.39, 0.29) is 23.4 Å². The Balaban J connectivity index is 1.30. The lowest BCUT2D eigenvalue weighted by Crippen LogP contribution is -2.37. The number of anilines is 1. The van der Waals surface area contributed by atoms with Crippen molar-refractivity contribution >= 4 is 22.9 Å². The van der Waals surface area contributed by atoms with Gasteiger partial charge in [-0.25, -0.2) is 9.37 Å². The summed E-state index contributed by atoms with van der Waals surface area (Å²) in [6.45, 7) is 6.14. The van der Waals surface area contributed by atoms with E-state index in [0.29, 0.717) is 30.3 Å². The van der Waals surface area contributed by atoms with Crippen molar-refractivity contribution in [2.24, 2.45) is 7.05 Å². The number of likely N-dealkylation sites (tertiary alicyclic amines) is 1. The number of imidazole rings is 1. The minimum absolute atomic E-state index is 0.0673. The number of fused-ring (bicyclic) bond motifs is 1. The first-order chi connectivity index (χ1) is 21.2.